The van der Waals surface area contributed by atoms with E-state index < -0.39 is 0 Å². The van der Waals surface area contributed by atoms with Crippen LogP contribution in [0.3, 0.4) is 0 Å². The molecule has 0 fully saturated rings. The highest BCUT2D eigenvalue weighted by molar-refractivity contribution is 8.03. The van der Waals surface area contributed by atoms with Crippen molar-refractivity contribution in [1.29, 1.82) is 0 Å². The lowest BCUT2D eigenvalue weighted by atomic mass is 10.2. The molecule has 0 aliphatic heterocycles. The summed E-state index contributed by atoms with van der Waals surface area (Å²) in [6, 6.07) is 3.50. The molecular formula is C17H24N2O2S. The zero-order valence-corrected chi connectivity index (χ0v) is 14.9. The first kappa shape index (κ1) is 18.3. The van der Waals surface area contributed by atoms with Gasteiger partial charge in [0.05, 0.1) is 23.0 Å². The van der Waals surface area contributed by atoms with Crippen LogP contribution in [0.5, 0.6) is 0 Å². The van der Waals surface area contributed by atoms with Crippen molar-refractivity contribution in [2.24, 2.45) is 0 Å². The summed E-state index contributed by atoms with van der Waals surface area (Å²) in [7, 11) is 1.66. The Kier molecular flexibility index (Phi) is 7.18. The van der Waals surface area contributed by atoms with Crippen LogP contribution in [-0.4, -0.2) is 17.1 Å². The van der Waals surface area contributed by atoms with Gasteiger partial charge in [0.1, 0.15) is 5.76 Å². The number of ether oxygens (including phenoxy) is 1. The number of hydrogen-bond acceptors (Lipinski definition) is 4. The minimum absolute atomic E-state index is 0.0146. The van der Waals surface area contributed by atoms with Gasteiger partial charge in [0, 0.05) is 22.9 Å². The third kappa shape index (κ3) is 4.37. The molecule has 2 aromatic heterocycles. The molecule has 0 aromatic carbocycles. The van der Waals surface area contributed by atoms with E-state index in [1.54, 1.807) is 19.4 Å². The second-order valence-corrected chi connectivity index (χ2v) is 5.64. The molecule has 0 amide bonds. The van der Waals surface area contributed by atoms with Crippen molar-refractivity contribution in [1.82, 2.24) is 9.97 Å². The number of fused-ring (bicyclic) bond motifs is 1. The maximum Gasteiger partial charge on any atom is 0.192 e. The van der Waals surface area contributed by atoms with Crippen LogP contribution >= 0.6 is 11.8 Å². The summed E-state index contributed by atoms with van der Waals surface area (Å²) in [6.45, 7) is 9.90. The lowest BCUT2D eigenvalue weighted by Gasteiger charge is -2.09. The molecular weight excluding hydrogens is 296 g/mol. The lowest BCUT2D eigenvalue weighted by molar-refractivity contribution is 0.291. The maximum atomic E-state index is 12.1. The van der Waals surface area contributed by atoms with Gasteiger partial charge in [0.2, 0.25) is 0 Å². The minimum Gasteiger partial charge on any atom is -0.501 e. The van der Waals surface area contributed by atoms with Gasteiger partial charge in [-0.3, -0.25) is 9.78 Å². The largest absolute Gasteiger partial charge is 0.501 e. The van der Waals surface area contributed by atoms with E-state index in [-0.39, 0.29) is 5.43 Å². The van der Waals surface area contributed by atoms with Crippen molar-refractivity contribution >= 4 is 22.7 Å². The first-order valence-electron chi connectivity index (χ1n) is 7.46. The number of nitrogens with zero attached hydrogens (tertiary/aromatic N) is 1. The number of thioether (sulfide) groups is 1. The fraction of sp³-hybridized carbons (Fsp3) is 0.412. The Morgan fingerprint density at radius 3 is 2.64 bits per heavy atom. The second-order valence-electron chi connectivity index (χ2n) is 4.51. The van der Waals surface area contributed by atoms with E-state index in [1.165, 1.54) is 11.8 Å². The van der Waals surface area contributed by atoms with Gasteiger partial charge in [0.15, 0.2) is 5.43 Å². The molecule has 0 saturated heterocycles. The Morgan fingerprint density at radius 1 is 1.36 bits per heavy atom. The van der Waals surface area contributed by atoms with Gasteiger partial charge in [0.25, 0.3) is 0 Å². The number of H-pyrrole nitrogens is 1. The summed E-state index contributed by atoms with van der Waals surface area (Å²) < 4.78 is 5.27. The van der Waals surface area contributed by atoms with Crippen LogP contribution in [-0.2, 0) is 4.74 Å². The highest BCUT2D eigenvalue weighted by Gasteiger charge is 2.08. The van der Waals surface area contributed by atoms with E-state index in [1.807, 2.05) is 33.8 Å². The number of aryl methyl sites for hydroxylation is 1. The Bertz CT molecular complexity index is 720. The van der Waals surface area contributed by atoms with Gasteiger partial charge in [-0.15, -0.1) is 0 Å². The topological polar surface area (TPSA) is 55.0 Å². The van der Waals surface area contributed by atoms with Crippen LogP contribution in [0.2, 0.25) is 0 Å². The molecule has 0 spiro atoms. The number of aromatic amines is 1. The van der Waals surface area contributed by atoms with Crippen LogP contribution in [0.15, 0.2) is 38.8 Å². The Labute approximate surface area is 136 Å². The number of aromatic nitrogens is 2. The first-order valence-corrected chi connectivity index (χ1v) is 8.28. The fourth-order valence-corrected chi connectivity index (χ4v) is 2.88. The number of methoxy groups -OCH3 is 1. The molecule has 2 aromatic rings. The standard InChI is InChI=1S/C15H18N2O2S.C2H6/c1-5-14(10(3)19-4)20-15-7-13(18)11-8-16-9(2)6-12(11)17-15;1-2/h6-8H,5H2,1-4H3,(H,17,18);1-2H3/b14-10+;. The van der Waals surface area contributed by atoms with Crippen LogP contribution in [0.25, 0.3) is 10.9 Å². The number of rotatable bonds is 4. The number of pyridine rings is 2. The van der Waals surface area contributed by atoms with Crippen LogP contribution in [0.1, 0.15) is 39.8 Å². The van der Waals surface area contributed by atoms with Crippen LogP contribution < -0.4 is 5.43 Å². The molecule has 2 heterocycles. The van der Waals surface area contributed by atoms with E-state index >= 15 is 0 Å². The summed E-state index contributed by atoms with van der Waals surface area (Å²) in [6.07, 6.45) is 2.48. The summed E-state index contributed by atoms with van der Waals surface area (Å²) in [4.78, 5) is 20.7. The maximum absolute atomic E-state index is 12.1. The predicted octanol–water partition coefficient (Wildman–Crippen LogP) is 4.64. The van der Waals surface area contributed by atoms with E-state index in [0.717, 1.165) is 33.3 Å². The molecule has 4 nitrogen and oxygen atoms in total. The monoisotopic (exact) mass is 320 g/mol. The molecule has 5 heteroatoms. The van der Waals surface area contributed by atoms with Crippen molar-refractivity contribution < 1.29 is 4.74 Å². The Balaban J connectivity index is 0.00000116. The van der Waals surface area contributed by atoms with Crippen molar-refractivity contribution in [3.8, 4) is 0 Å². The first-order chi connectivity index (χ1) is 10.5. The fourth-order valence-electron chi connectivity index (χ4n) is 1.92. The zero-order valence-electron chi connectivity index (χ0n) is 14.1. The van der Waals surface area contributed by atoms with Crippen molar-refractivity contribution in [2.45, 2.75) is 46.1 Å². The molecule has 0 unspecified atom stereocenters. The molecule has 2 rings (SSSR count). The second kappa shape index (κ2) is 8.63. The van der Waals surface area contributed by atoms with Crippen LogP contribution in [0, 0.1) is 6.92 Å². The van der Waals surface area contributed by atoms with Gasteiger partial charge in [-0.05, 0) is 26.3 Å². The SMILES string of the molecule is CC.CC/C(Sc1cc(=O)c2cnc(C)cc2[nH]1)=C(/C)OC. The Morgan fingerprint density at radius 2 is 2.05 bits per heavy atom. The van der Waals surface area contributed by atoms with Gasteiger partial charge >= 0.3 is 0 Å². The van der Waals surface area contributed by atoms with E-state index in [4.69, 9.17) is 4.74 Å². The van der Waals surface area contributed by atoms with Gasteiger partial charge in [-0.25, -0.2) is 0 Å². The van der Waals surface area contributed by atoms with Gasteiger partial charge < -0.3 is 9.72 Å². The van der Waals surface area contributed by atoms with Crippen molar-refractivity contribution in [3.05, 3.63) is 44.9 Å². The molecule has 0 aliphatic carbocycles. The van der Waals surface area contributed by atoms with Gasteiger partial charge in [-0.1, -0.05) is 32.5 Å². The molecule has 0 bridgehead atoms. The highest BCUT2D eigenvalue weighted by atomic mass is 32.2. The molecule has 0 aliphatic rings. The summed E-state index contributed by atoms with van der Waals surface area (Å²) in [5.41, 5.74) is 1.69. The quantitative estimate of drug-likeness (QED) is 0.659. The smallest absolute Gasteiger partial charge is 0.192 e. The zero-order chi connectivity index (χ0) is 16.7. The average molecular weight is 320 g/mol. The van der Waals surface area contributed by atoms with Crippen molar-refractivity contribution in [3.63, 3.8) is 0 Å². The summed E-state index contributed by atoms with van der Waals surface area (Å²) in [5.74, 6) is 0.879. The van der Waals surface area contributed by atoms with Gasteiger partial charge in [-0.2, -0.15) is 0 Å². The number of nitrogens with one attached hydrogen (secondary N) is 1. The van der Waals surface area contributed by atoms with Crippen molar-refractivity contribution in [2.75, 3.05) is 7.11 Å². The Hall–Kier alpha value is -1.75. The molecule has 22 heavy (non-hydrogen) atoms. The number of hydrogen-bond donors (Lipinski definition) is 1. The number of allylic oxidation sites excluding steroid dienone is 2. The average Bonchev–Trinajstić information content (AvgIpc) is 2.53. The highest BCUT2D eigenvalue weighted by Crippen LogP contribution is 2.30. The molecule has 120 valence electrons. The minimum atomic E-state index is -0.0146. The van der Waals surface area contributed by atoms with E-state index in [2.05, 4.69) is 16.9 Å². The van der Waals surface area contributed by atoms with E-state index in [9.17, 15) is 4.79 Å². The molecule has 0 atom stereocenters. The van der Waals surface area contributed by atoms with E-state index in [0.29, 0.717) is 5.39 Å². The molecule has 0 saturated carbocycles. The predicted molar refractivity (Wildman–Crippen MR) is 94.3 cm³/mol. The summed E-state index contributed by atoms with van der Waals surface area (Å²) >= 11 is 1.53. The summed E-state index contributed by atoms with van der Waals surface area (Å²) in [5, 5.41) is 1.44. The van der Waals surface area contributed by atoms with Crippen LogP contribution in [0.4, 0.5) is 0 Å². The molecule has 1 N–H and O–H groups in total. The lowest BCUT2D eigenvalue weighted by Crippen LogP contribution is -2.03. The normalized spacial score (nSPS) is 11.5. The third-order valence-corrected chi connectivity index (χ3v) is 4.34. The third-order valence-electron chi connectivity index (χ3n) is 3.08. The molecule has 0 radical (unpaired) electrons.